The quantitative estimate of drug-likeness (QED) is 0.522. The van der Waals surface area contributed by atoms with Gasteiger partial charge in [-0.25, -0.2) is 8.42 Å². The molecule has 0 radical (unpaired) electrons. The zero-order valence-corrected chi connectivity index (χ0v) is 13.9. The van der Waals surface area contributed by atoms with Crippen molar-refractivity contribution in [2.45, 2.75) is 24.7 Å². The summed E-state index contributed by atoms with van der Waals surface area (Å²) < 4.78 is 27.5. The largest absolute Gasteiger partial charge is 0.398 e. The summed E-state index contributed by atoms with van der Waals surface area (Å²) in [6.07, 6.45) is 1.30. The summed E-state index contributed by atoms with van der Waals surface area (Å²) in [5.41, 5.74) is 8.22. The molecule has 0 unspecified atom stereocenters. The number of aryl methyl sites for hydroxylation is 1. The maximum atomic E-state index is 13.1. The van der Waals surface area contributed by atoms with E-state index in [1.54, 1.807) is 12.1 Å². The van der Waals surface area contributed by atoms with Crippen molar-refractivity contribution in [1.29, 1.82) is 0 Å². The van der Waals surface area contributed by atoms with Crippen molar-refractivity contribution in [1.82, 2.24) is 0 Å². The number of rotatable bonds is 3. The number of benzene rings is 2. The van der Waals surface area contributed by atoms with Gasteiger partial charge in [-0.3, -0.25) is 14.4 Å². The van der Waals surface area contributed by atoms with Gasteiger partial charge >= 0.3 is 0 Å². The molecule has 0 spiro atoms. The monoisotopic (exact) mass is 347 g/mol. The van der Waals surface area contributed by atoms with Crippen LogP contribution in [0.3, 0.4) is 0 Å². The number of sulfonamides is 1. The first-order valence-electron chi connectivity index (χ1n) is 7.48. The fraction of sp³-hybridized carbons (Fsp3) is 0.250. The van der Waals surface area contributed by atoms with Crippen molar-refractivity contribution in [3.05, 3.63) is 57.6 Å². The first-order valence-corrected chi connectivity index (χ1v) is 8.92. The van der Waals surface area contributed by atoms with E-state index in [9.17, 15) is 18.5 Å². The van der Waals surface area contributed by atoms with Crippen molar-refractivity contribution < 1.29 is 13.3 Å². The molecular formula is C16H17N3O4S. The summed E-state index contributed by atoms with van der Waals surface area (Å²) in [5, 5.41) is 11.2. The van der Waals surface area contributed by atoms with E-state index in [0.717, 1.165) is 11.1 Å². The van der Waals surface area contributed by atoms with Crippen LogP contribution in [-0.2, 0) is 16.4 Å². The van der Waals surface area contributed by atoms with E-state index < -0.39 is 20.6 Å². The Bertz CT molecular complexity index is 925. The van der Waals surface area contributed by atoms with E-state index in [4.69, 9.17) is 5.73 Å². The lowest BCUT2D eigenvalue weighted by Crippen LogP contribution is -2.36. The van der Waals surface area contributed by atoms with Crippen molar-refractivity contribution in [2.75, 3.05) is 16.6 Å². The van der Waals surface area contributed by atoms with E-state index >= 15 is 0 Å². The molecule has 0 bridgehead atoms. The Kier molecular flexibility index (Phi) is 3.92. The lowest BCUT2D eigenvalue weighted by atomic mass is 9.98. The smallest absolute Gasteiger partial charge is 0.289 e. The third-order valence-corrected chi connectivity index (χ3v) is 6.03. The molecule has 8 heteroatoms. The summed E-state index contributed by atoms with van der Waals surface area (Å²) in [5.74, 6) is 0. The van der Waals surface area contributed by atoms with Crippen LogP contribution in [-0.4, -0.2) is 19.9 Å². The summed E-state index contributed by atoms with van der Waals surface area (Å²) in [6, 6.07) is 8.92. The van der Waals surface area contributed by atoms with Crippen LogP contribution in [0.2, 0.25) is 0 Å². The van der Waals surface area contributed by atoms with Crippen LogP contribution in [0.5, 0.6) is 0 Å². The minimum Gasteiger partial charge on any atom is -0.398 e. The predicted octanol–water partition coefficient (Wildman–Crippen LogP) is 2.63. The molecule has 0 fully saturated rings. The molecule has 2 aromatic rings. The summed E-state index contributed by atoms with van der Waals surface area (Å²) in [7, 11) is -4.05. The van der Waals surface area contributed by atoms with Gasteiger partial charge in [0.15, 0.2) is 4.90 Å². The van der Waals surface area contributed by atoms with Crippen LogP contribution in [0, 0.1) is 17.0 Å². The Morgan fingerprint density at radius 2 is 1.92 bits per heavy atom. The van der Waals surface area contributed by atoms with Crippen LogP contribution >= 0.6 is 0 Å². The Hall–Kier alpha value is -2.61. The molecule has 0 amide bonds. The number of hydrogen-bond acceptors (Lipinski definition) is 5. The van der Waals surface area contributed by atoms with E-state index in [0.29, 0.717) is 24.2 Å². The highest BCUT2D eigenvalue weighted by Gasteiger charge is 2.35. The lowest BCUT2D eigenvalue weighted by Gasteiger charge is -2.32. The maximum Gasteiger partial charge on any atom is 0.289 e. The average molecular weight is 347 g/mol. The second-order valence-electron chi connectivity index (χ2n) is 5.70. The van der Waals surface area contributed by atoms with Gasteiger partial charge in [0.2, 0.25) is 0 Å². The Morgan fingerprint density at radius 1 is 1.21 bits per heavy atom. The van der Waals surface area contributed by atoms with Gasteiger partial charge < -0.3 is 5.73 Å². The second-order valence-corrected chi connectivity index (χ2v) is 7.54. The van der Waals surface area contributed by atoms with Crippen LogP contribution < -0.4 is 10.0 Å². The predicted molar refractivity (Wildman–Crippen MR) is 91.5 cm³/mol. The molecule has 0 saturated heterocycles. The average Bonchev–Trinajstić information content (AvgIpc) is 2.57. The fourth-order valence-electron chi connectivity index (χ4n) is 3.08. The highest BCUT2D eigenvalue weighted by molar-refractivity contribution is 7.93. The maximum absolute atomic E-state index is 13.1. The molecule has 0 saturated carbocycles. The van der Waals surface area contributed by atoms with Crippen LogP contribution in [0.15, 0.2) is 41.3 Å². The van der Waals surface area contributed by atoms with Gasteiger partial charge in [-0.1, -0.05) is 18.2 Å². The molecule has 1 heterocycles. The van der Waals surface area contributed by atoms with Crippen LogP contribution in [0.4, 0.5) is 17.1 Å². The molecule has 2 N–H and O–H groups in total. The molecule has 2 aromatic carbocycles. The summed E-state index contributed by atoms with van der Waals surface area (Å²) in [4.78, 5) is 10.2. The Labute approximate surface area is 139 Å². The van der Waals surface area contributed by atoms with Gasteiger partial charge in [-0.2, -0.15) is 0 Å². The summed E-state index contributed by atoms with van der Waals surface area (Å²) in [6.45, 7) is 2.08. The molecule has 0 atom stereocenters. The van der Waals surface area contributed by atoms with E-state index in [1.807, 2.05) is 6.92 Å². The zero-order valence-electron chi connectivity index (χ0n) is 13.1. The van der Waals surface area contributed by atoms with Crippen molar-refractivity contribution in [3.8, 4) is 0 Å². The molecule has 0 aliphatic carbocycles. The van der Waals surface area contributed by atoms with Crippen molar-refractivity contribution >= 4 is 27.1 Å². The minimum absolute atomic E-state index is 0.270. The van der Waals surface area contributed by atoms with Gasteiger partial charge in [0.1, 0.15) is 0 Å². The molecule has 7 nitrogen and oxygen atoms in total. The molecule has 3 rings (SSSR count). The number of nitro benzene ring substituents is 1. The van der Waals surface area contributed by atoms with E-state index in [1.165, 1.54) is 28.6 Å². The first-order chi connectivity index (χ1) is 11.3. The minimum atomic E-state index is -4.05. The molecule has 1 aliphatic heterocycles. The van der Waals surface area contributed by atoms with Gasteiger partial charge in [0.05, 0.1) is 10.6 Å². The lowest BCUT2D eigenvalue weighted by molar-refractivity contribution is -0.387. The molecule has 1 aliphatic rings. The first kappa shape index (κ1) is 16.3. The fourth-order valence-corrected chi connectivity index (χ4v) is 4.83. The van der Waals surface area contributed by atoms with E-state index in [-0.39, 0.29) is 11.4 Å². The number of hydrogen-bond donors (Lipinski definition) is 1. The number of nitro groups is 1. The number of nitrogens with two attached hydrogens (primary N) is 1. The molecule has 0 aromatic heterocycles. The standard InChI is InChI=1S/C16H17N3O4S/c1-11-8-9-13(17)12-5-4-10-18(16(11)12)24(22,23)15-7-3-2-6-14(15)19(20)21/h2-3,6-9H,4-5,10,17H2,1H3. The van der Waals surface area contributed by atoms with Gasteiger partial charge in [0.25, 0.3) is 15.7 Å². The van der Waals surface area contributed by atoms with Crippen LogP contribution in [0.25, 0.3) is 0 Å². The zero-order chi connectivity index (χ0) is 17.5. The third kappa shape index (κ3) is 2.48. The third-order valence-electron chi connectivity index (χ3n) is 4.19. The highest BCUT2D eigenvalue weighted by Crippen LogP contribution is 2.39. The number of para-hydroxylation sites is 1. The normalized spacial score (nSPS) is 14.3. The Balaban J connectivity index is 2.22. The van der Waals surface area contributed by atoms with Crippen molar-refractivity contribution in [2.24, 2.45) is 0 Å². The van der Waals surface area contributed by atoms with Crippen molar-refractivity contribution in [3.63, 3.8) is 0 Å². The number of nitrogen functional groups attached to an aromatic ring is 1. The van der Waals surface area contributed by atoms with Gasteiger partial charge in [-0.05, 0) is 43.0 Å². The number of nitrogens with zero attached hydrogens (tertiary/aromatic N) is 2. The SMILES string of the molecule is Cc1ccc(N)c2c1N(S(=O)(=O)c1ccccc1[N+](=O)[O-])CCC2. The summed E-state index contributed by atoms with van der Waals surface area (Å²) >= 11 is 0. The Morgan fingerprint density at radius 3 is 2.62 bits per heavy atom. The molecule has 24 heavy (non-hydrogen) atoms. The van der Waals surface area contributed by atoms with Gasteiger partial charge in [0, 0.05) is 18.3 Å². The molecular weight excluding hydrogens is 330 g/mol. The number of fused-ring (bicyclic) bond motifs is 1. The topological polar surface area (TPSA) is 107 Å². The molecule has 126 valence electrons. The van der Waals surface area contributed by atoms with Crippen LogP contribution in [0.1, 0.15) is 17.5 Å². The number of anilines is 2. The second kappa shape index (κ2) is 5.79. The van der Waals surface area contributed by atoms with Gasteiger partial charge in [-0.15, -0.1) is 0 Å². The highest BCUT2D eigenvalue weighted by atomic mass is 32.2. The van der Waals surface area contributed by atoms with E-state index in [2.05, 4.69) is 0 Å².